The molecule has 40 heavy (non-hydrogen) atoms. The Labute approximate surface area is 231 Å². The average molecular weight is 530 g/mol. The number of fused-ring (bicyclic) bond motifs is 4. The molecule has 198 valence electrons. The first-order chi connectivity index (χ1) is 19.3. The van der Waals surface area contributed by atoms with Gasteiger partial charge in [0.1, 0.15) is 5.75 Å². The van der Waals surface area contributed by atoms with E-state index in [9.17, 15) is 24.3 Å². The molecule has 3 aromatic carbocycles. The number of carbonyl (C=O) groups excluding carboxylic acids is 4. The summed E-state index contributed by atoms with van der Waals surface area (Å²) in [5.74, 6) is -3.11. The summed E-state index contributed by atoms with van der Waals surface area (Å²) in [6, 6.07) is 20.5. The van der Waals surface area contributed by atoms with Crippen LogP contribution in [0, 0.1) is 17.8 Å². The molecule has 1 saturated heterocycles. The zero-order valence-corrected chi connectivity index (χ0v) is 22.0. The standard InChI is InChI=1S/C34H27NO5/c1-18-15-27(37)25-16-24-22(12-13-23-28(24)34(40)35(33(23)39)17-19-7-3-2-4-8-19)30(31(25)32(18)38)29-21-10-6-5-9-20(21)11-14-26(29)36/h2-12,14-15,23-24,28,30,36H,13,16-17H2,1H3. The highest BCUT2D eigenvalue weighted by atomic mass is 16.3. The topological polar surface area (TPSA) is 91.8 Å². The molecule has 7 rings (SSSR count). The molecule has 4 aliphatic rings. The van der Waals surface area contributed by atoms with Gasteiger partial charge in [-0.1, -0.05) is 72.3 Å². The van der Waals surface area contributed by atoms with Crippen molar-refractivity contribution in [1.82, 2.24) is 4.90 Å². The van der Waals surface area contributed by atoms with Crippen molar-refractivity contribution in [3.63, 3.8) is 0 Å². The quantitative estimate of drug-likeness (QED) is 0.287. The molecule has 0 spiro atoms. The highest BCUT2D eigenvalue weighted by molar-refractivity contribution is 6.24. The van der Waals surface area contributed by atoms with Gasteiger partial charge in [0.25, 0.3) is 0 Å². The lowest BCUT2D eigenvalue weighted by molar-refractivity contribution is -0.140. The lowest BCUT2D eigenvalue weighted by Crippen LogP contribution is -2.39. The van der Waals surface area contributed by atoms with Gasteiger partial charge < -0.3 is 5.11 Å². The number of likely N-dealkylation sites (tertiary alicyclic amines) is 1. The number of aromatic hydroxyl groups is 1. The third kappa shape index (κ3) is 3.48. The Hall–Kier alpha value is -4.58. The average Bonchev–Trinajstić information content (AvgIpc) is 3.20. The second-order valence-corrected chi connectivity index (χ2v) is 11.2. The molecular formula is C34H27NO5. The largest absolute Gasteiger partial charge is 0.508 e. The van der Waals surface area contributed by atoms with Crippen molar-refractivity contribution in [3.05, 3.63) is 112 Å². The van der Waals surface area contributed by atoms with Crippen LogP contribution < -0.4 is 0 Å². The first-order valence-corrected chi connectivity index (χ1v) is 13.6. The fourth-order valence-corrected chi connectivity index (χ4v) is 7.27. The number of carbonyl (C=O) groups is 4. The number of Topliss-reactive ketones (excluding diaryl/α,β-unsaturated/α-hetero) is 1. The number of benzene rings is 3. The zero-order chi connectivity index (χ0) is 27.7. The molecule has 0 radical (unpaired) electrons. The summed E-state index contributed by atoms with van der Waals surface area (Å²) in [6.45, 7) is 1.84. The van der Waals surface area contributed by atoms with Crippen molar-refractivity contribution >= 4 is 34.2 Å². The van der Waals surface area contributed by atoms with Gasteiger partial charge in [-0.05, 0) is 54.2 Å². The molecule has 3 aliphatic carbocycles. The Morgan fingerprint density at radius 2 is 1.62 bits per heavy atom. The predicted molar refractivity (Wildman–Crippen MR) is 149 cm³/mol. The maximum atomic E-state index is 13.9. The van der Waals surface area contributed by atoms with E-state index in [1.165, 1.54) is 11.0 Å². The minimum absolute atomic E-state index is 0.0335. The molecule has 4 unspecified atom stereocenters. The van der Waals surface area contributed by atoms with Gasteiger partial charge in [0.05, 0.1) is 18.4 Å². The lowest BCUT2D eigenvalue weighted by atomic mass is 9.59. The van der Waals surface area contributed by atoms with Gasteiger partial charge in [-0.15, -0.1) is 0 Å². The molecular weight excluding hydrogens is 502 g/mol. The number of allylic oxidation sites excluding steroid dienone is 6. The lowest BCUT2D eigenvalue weighted by Gasteiger charge is -2.42. The van der Waals surface area contributed by atoms with Crippen LogP contribution in [0.5, 0.6) is 5.75 Å². The Morgan fingerprint density at radius 1 is 0.875 bits per heavy atom. The van der Waals surface area contributed by atoms with Gasteiger partial charge in [-0.3, -0.25) is 24.1 Å². The predicted octanol–water partition coefficient (Wildman–Crippen LogP) is 5.18. The number of hydrogen-bond donors (Lipinski definition) is 1. The number of hydrogen-bond acceptors (Lipinski definition) is 5. The zero-order valence-electron chi connectivity index (χ0n) is 22.0. The van der Waals surface area contributed by atoms with E-state index < -0.39 is 23.7 Å². The van der Waals surface area contributed by atoms with Crippen LogP contribution in [-0.4, -0.2) is 33.4 Å². The molecule has 3 aromatic rings. The van der Waals surface area contributed by atoms with Gasteiger partial charge in [0.15, 0.2) is 11.6 Å². The fraction of sp³-hybridized carbons (Fsp3) is 0.235. The van der Waals surface area contributed by atoms with Crippen LogP contribution in [0.4, 0.5) is 0 Å². The number of amides is 2. The number of imide groups is 1. The number of phenolic OH excluding ortho intramolecular Hbond substituents is 1. The van der Waals surface area contributed by atoms with Gasteiger partial charge in [0.2, 0.25) is 11.8 Å². The SMILES string of the molecule is CC1=CC(=O)C2=C(C1=O)C(c1c(O)ccc3ccccc13)C1=CCC3C(=O)N(Cc4ccccc4)C(=O)C3C1C2. The summed E-state index contributed by atoms with van der Waals surface area (Å²) in [4.78, 5) is 55.9. The van der Waals surface area contributed by atoms with Crippen LogP contribution in [0.3, 0.4) is 0 Å². The molecule has 1 N–H and O–H groups in total. The van der Waals surface area contributed by atoms with Gasteiger partial charge >= 0.3 is 0 Å². The van der Waals surface area contributed by atoms with Crippen molar-refractivity contribution in [1.29, 1.82) is 0 Å². The van der Waals surface area contributed by atoms with E-state index in [1.54, 1.807) is 13.0 Å². The maximum Gasteiger partial charge on any atom is 0.234 e. The van der Waals surface area contributed by atoms with Gasteiger partial charge in [-0.2, -0.15) is 0 Å². The van der Waals surface area contributed by atoms with Crippen LogP contribution in [0.25, 0.3) is 10.8 Å². The molecule has 1 heterocycles. The van der Waals surface area contributed by atoms with Crippen LogP contribution in [-0.2, 0) is 25.7 Å². The van der Waals surface area contributed by atoms with Gasteiger partial charge in [0, 0.05) is 28.2 Å². The molecule has 0 saturated carbocycles. The summed E-state index contributed by atoms with van der Waals surface area (Å²) in [7, 11) is 0. The fourth-order valence-electron chi connectivity index (χ4n) is 7.27. The normalized spacial score (nSPS) is 26.0. The molecule has 0 bridgehead atoms. The summed E-state index contributed by atoms with van der Waals surface area (Å²) in [5, 5.41) is 12.9. The van der Waals surface area contributed by atoms with Crippen molar-refractivity contribution in [2.24, 2.45) is 17.8 Å². The minimum Gasteiger partial charge on any atom is -0.508 e. The molecule has 6 heteroatoms. The van der Waals surface area contributed by atoms with Crippen LogP contribution >= 0.6 is 0 Å². The van der Waals surface area contributed by atoms with Crippen molar-refractivity contribution < 1.29 is 24.3 Å². The number of phenols is 1. The van der Waals surface area contributed by atoms with Crippen LogP contribution in [0.2, 0.25) is 0 Å². The van der Waals surface area contributed by atoms with Crippen LogP contribution in [0.15, 0.2) is 101 Å². The minimum atomic E-state index is -0.688. The Kier molecular flexibility index (Phi) is 5.49. The highest BCUT2D eigenvalue weighted by Gasteiger charge is 2.56. The van der Waals surface area contributed by atoms with E-state index in [0.717, 1.165) is 21.9 Å². The summed E-state index contributed by atoms with van der Waals surface area (Å²) >= 11 is 0. The van der Waals surface area contributed by atoms with Crippen LogP contribution in [0.1, 0.15) is 36.8 Å². The van der Waals surface area contributed by atoms with E-state index in [-0.39, 0.29) is 42.1 Å². The number of ketones is 2. The Bertz CT molecular complexity index is 1740. The molecule has 6 nitrogen and oxygen atoms in total. The smallest absolute Gasteiger partial charge is 0.234 e. The monoisotopic (exact) mass is 529 g/mol. The van der Waals surface area contributed by atoms with E-state index in [1.807, 2.05) is 66.7 Å². The second kappa shape index (κ2) is 8.98. The third-order valence-electron chi connectivity index (χ3n) is 9.08. The maximum absolute atomic E-state index is 13.9. The Balaban J connectivity index is 1.39. The Morgan fingerprint density at radius 3 is 2.42 bits per heavy atom. The number of nitrogens with zero attached hydrogens (tertiary/aromatic N) is 1. The van der Waals surface area contributed by atoms with Crippen molar-refractivity contribution in [3.8, 4) is 5.75 Å². The third-order valence-corrected chi connectivity index (χ3v) is 9.08. The van der Waals surface area contributed by atoms with E-state index >= 15 is 0 Å². The molecule has 1 aliphatic heterocycles. The molecule has 4 atom stereocenters. The first-order valence-electron chi connectivity index (χ1n) is 13.6. The molecule has 2 amide bonds. The summed E-state index contributed by atoms with van der Waals surface area (Å²) in [6.07, 6.45) is 3.95. The first kappa shape index (κ1) is 24.5. The van der Waals surface area contributed by atoms with Crippen molar-refractivity contribution in [2.75, 3.05) is 0 Å². The van der Waals surface area contributed by atoms with Gasteiger partial charge in [-0.25, -0.2) is 0 Å². The molecule has 1 fully saturated rings. The molecule has 0 aromatic heterocycles. The van der Waals surface area contributed by atoms with E-state index in [0.29, 0.717) is 28.7 Å². The van der Waals surface area contributed by atoms with Crippen molar-refractivity contribution in [2.45, 2.75) is 32.2 Å². The van der Waals surface area contributed by atoms with E-state index in [4.69, 9.17) is 0 Å². The second-order valence-electron chi connectivity index (χ2n) is 11.2. The number of rotatable bonds is 3. The highest BCUT2D eigenvalue weighted by Crippen LogP contribution is 2.57. The summed E-state index contributed by atoms with van der Waals surface area (Å²) < 4.78 is 0. The summed E-state index contributed by atoms with van der Waals surface area (Å²) in [5.41, 5.74) is 3.41. The van der Waals surface area contributed by atoms with E-state index in [2.05, 4.69) is 0 Å².